The highest BCUT2D eigenvalue weighted by Gasteiger charge is 2.36. The number of hydrogen-bond acceptors (Lipinski definition) is 4. The number of hydrogen-bond donors (Lipinski definition) is 1. The van der Waals surface area contributed by atoms with Gasteiger partial charge in [0.2, 0.25) is 11.8 Å². The summed E-state index contributed by atoms with van der Waals surface area (Å²) in [5.41, 5.74) is 2.63. The summed E-state index contributed by atoms with van der Waals surface area (Å²) in [4.78, 5) is 32.0. The van der Waals surface area contributed by atoms with Gasteiger partial charge in [0.15, 0.2) is 0 Å². The number of carbonyl (C=O) groups excluding carboxylic acids is 2. The summed E-state index contributed by atoms with van der Waals surface area (Å²) < 4.78 is 0. The van der Waals surface area contributed by atoms with Crippen molar-refractivity contribution in [2.24, 2.45) is 11.8 Å². The Hall–Kier alpha value is -2.08. The number of aryl methyl sites for hydroxylation is 1. The molecule has 1 aliphatic carbocycles. The van der Waals surface area contributed by atoms with Crippen LogP contribution in [-0.4, -0.2) is 73.5 Å². The van der Waals surface area contributed by atoms with Crippen molar-refractivity contribution in [1.82, 2.24) is 15.1 Å². The summed E-state index contributed by atoms with van der Waals surface area (Å²) in [6.45, 7) is 10.9. The monoisotopic (exact) mass is 426 g/mol. The zero-order valence-corrected chi connectivity index (χ0v) is 19.2. The summed E-state index contributed by atoms with van der Waals surface area (Å²) in [5, 5.41) is 3.22. The molecule has 170 valence electrons. The molecule has 0 aromatic heterocycles. The van der Waals surface area contributed by atoms with Gasteiger partial charge in [-0.05, 0) is 63.6 Å². The maximum atomic E-state index is 12.8. The zero-order valence-electron chi connectivity index (χ0n) is 19.2. The lowest BCUT2D eigenvalue weighted by Gasteiger charge is -2.37. The Bertz CT molecular complexity index is 771. The molecule has 2 atom stereocenters. The van der Waals surface area contributed by atoms with Crippen molar-refractivity contribution >= 4 is 17.5 Å². The molecule has 0 spiro atoms. The van der Waals surface area contributed by atoms with Crippen molar-refractivity contribution in [3.05, 3.63) is 29.8 Å². The van der Waals surface area contributed by atoms with Gasteiger partial charge in [-0.2, -0.15) is 0 Å². The summed E-state index contributed by atoms with van der Waals surface area (Å²) in [6.07, 6.45) is 4.86. The highest BCUT2D eigenvalue weighted by atomic mass is 16.2. The largest absolute Gasteiger partial charge is 0.369 e. The minimum Gasteiger partial charge on any atom is -0.369 e. The number of benzene rings is 1. The Morgan fingerprint density at radius 3 is 2.55 bits per heavy atom. The van der Waals surface area contributed by atoms with Gasteiger partial charge in [0.1, 0.15) is 0 Å². The van der Waals surface area contributed by atoms with Crippen molar-refractivity contribution in [1.29, 1.82) is 0 Å². The zero-order chi connectivity index (χ0) is 21.8. The first-order chi connectivity index (χ1) is 15.0. The standard InChI is InChI=1S/C25H38N4O2/c1-19-5-3-7-23(17-19)28-15-13-27(14-16-28)12-10-20(2)26-24(30)22-6-4-11-29(18-22)25(31)21-8-9-21/h3,5,7,17,20-22H,4,6,8-16,18H2,1-2H3,(H,26,30). The van der Waals surface area contributed by atoms with Crippen LogP contribution < -0.4 is 10.2 Å². The molecular weight excluding hydrogens is 388 g/mol. The van der Waals surface area contributed by atoms with Crippen LogP contribution in [0.2, 0.25) is 0 Å². The van der Waals surface area contributed by atoms with Crippen LogP contribution in [0.4, 0.5) is 5.69 Å². The number of amides is 2. The SMILES string of the molecule is Cc1cccc(N2CCN(CCC(C)NC(=O)C3CCCN(C(=O)C4CC4)C3)CC2)c1. The van der Waals surface area contributed by atoms with Crippen LogP contribution in [-0.2, 0) is 9.59 Å². The third-order valence-electron chi connectivity index (χ3n) is 7.04. The molecule has 2 unspecified atom stereocenters. The molecule has 3 aliphatic rings. The van der Waals surface area contributed by atoms with Crippen LogP contribution in [0.1, 0.15) is 44.6 Å². The van der Waals surface area contributed by atoms with Gasteiger partial charge in [0, 0.05) is 63.5 Å². The fourth-order valence-corrected chi connectivity index (χ4v) is 4.84. The molecule has 2 saturated heterocycles. The number of nitrogens with one attached hydrogen (secondary N) is 1. The number of anilines is 1. The molecule has 2 amide bonds. The number of piperidine rings is 1. The maximum absolute atomic E-state index is 12.8. The number of likely N-dealkylation sites (tertiary alicyclic amines) is 1. The fraction of sp³-hybridized carbons (Fsp3) is 0.680. The molecule has 1 aromatic carbocycles. The van der Waals surface area contributed by atoms with Crippen molar-refractivity contribution in [3.63, 3.8) is 0 Å². The third-order valence-corrected chi connectivity index (χ3v) is 7.04. The van der Waals surface area contributed by atoms with Crippen LogP contribution in [0, 0.1) is 18.8 Å². The number of carbonyl (C=O) groups is 2. The minimum atomic E-state index is -0.0447. The molecule has 6 nitrogen and oxygen atoms in total. The first kappa shape index (κ1) is 22.1. The average molecular weight is 427 g/mol. The van der Waals surface area contributed by atoms with E-state index in [9.17, 15) is 9.59 Å². The molecule has 6 heteroatoms. The Morgan fingerprint density at radius 1 is 1.06 bits per heavy atom. The number of piperazine rings is 1. The molecule has 2 aliphatic heterocycles. The van der Waals surface area contributed by atoms with Crippen LogP contribution in [0.3, 0.4) is 0 Å². The maximum Gasteiger partial charge on any atom is 0.225 e. The van der Waals surface area contributed by atoms with E-state index in [1.165, 1.54) is 11.3 Å². The Balaban J connectivity index is 1.16. The lowest BCUT2D eigenvalue weighted by molar-refractivity contribution is -0.137. The predicted molar refractivity (Wildman–Crippen MR) is 124 cm³/mol. The molecule has 2 heterocycles. The second-order valence-electron chi connectivity index (χ2n) is 9.76. The normalized spacial score (nSPS) is 23.5. The van der Waals surface area contributed by atoms with Crippen molar-refractivity contribution in [2.75, 3.05) is 50.7 Å². The Labute approximate surface area is 187 Å². The number of rotatable bonds is 7. The highest BCUT2D eigenvalue weighted by Crippen LogP contribution is 2.32. The topological polar surface area (TPSA) is 55.9 Å². The van der Waals surface area contributed by atoms with Gasteiger partial charge >= 0.3 is 0 Å². The van der Waals surface area contributed by atoms with Crippen molar-refractivity contribution in [2.45, 2.75) is 52.0 Å². The van der Waals surface area contributed by atoms with Crippen molar-refractivity contribution in [3.8, 4) is 0 Å². The Morgan fingerprint density at radius 2 is 1.84 bits per heavy atom. The second kappa shape index (κ2) is 10.0. The van der Waals surface area contributed by atoms with E-state index in [1.807, 2.05) is 4.90 Å². The molecule has 31 heavy (non-hydrogen) atoms. The van der Waals surface area contributed by atoms with E-state index in [4.69, 9.17) is 0 Å². The van der Waals surface area contributed by atoms with Gasteiger partial charge in [-0.15, -0.1) is 0 Å². The van der Waals surface area contributed by atoms with Crippen LogP contribution >= 0.6 is 0 Å². The van der Waals surface area contributed by atoms with E-state index in [0.29, 0.717) is 6.54 Å². The molecule has 4 rings (SSSR count). The summed E-state index contributed by atoms with van der Waals surface area (Å²) in [7, 11) is 0. The smallest absolute Gasteiger partial charge is 0.225 e. The fourth-order valence-electron chi connectivity index (χ4n) is 4.84. The predicted octanol–water partition coefficient (Wildman–Crippen LogP) is 2.66. The summed E-state index contributed by atoms with van der Waals surface area (Å²) in [5.74, 6) is 0.601. The van der Waals surface area contributed by atoms with E-state index in [1.54, 1.807) is 0 Å². The quantitative estimate of drug-likeness (QED) is 0.728. The van der Waals surface area contributed by atoms with Crippen LogP contribution in [0.5, 0.6) is 0 Å². The van der Waals surface area contributed by atoms with E-state index in [0.717, 1.165) is 71.4 Å². The number of nitrogens with zero attached hydrogens (tertiary/aromatic N) is 3. The first-order valence-corrected chi connectivity index (χ1v) is 12.1. The van der Waals surface area contributed by atoms with Gasteiger partial charge in [-0.25, -0.2) is 0 Å². The molecule has 0 bridgehead atoms. The minimum absolute atomic E-state index is 0.0447. The van der Waals surface area contributed by atoms with E-state index < -0.39 is 0 Å². The van der Waals surface area contributed by atoms with E-state index in [-0.39, 0.29) is 29.7 Å². The van der Waals surface area contributed by atoms with Gasteiger partial charge in [0.25, 0.3) is 0 Å². The van der Waals surface area contributed by atoms with Crippen LogP contribution in [0.25, 0.3) is 0 Å². The molecule has 0 radical (unpaired) electrons. The van der Waals surface area contributed by atoms with Crippen LogP contribution in [0.15, 0.2) is 24.3 Å². The van der Waals surface area contributed by atoms with Gasteiger partial charge < -0.3 is 15.1 Å². The molecular formula is C25H38N4O2. The average Bonchev–Trinajstić information content (AvgIpc) is 3.63. The lowest BCUT2D eigenvalue weighted by Crippen LogP contribution is -2.49. The molecule has 1 N–H and O–H groups in total. The summed E-state index contributed by atoms with van der Waals surface area (Å²) in [6, 6.07) is 8.90. The molecule has 1 saturated carbocycles. The third kappa shape index (κ3) is 6.00. The Kier molecular flexibility index (Phi) is 7.16. The van der Waals surface area contributed by atoms with Gasteiger partial charge in [0.05, 0.1) is 5.92 Å². The van der Waals surface area contributed by atoms with E-state index in [2.05, 4.69) is 53.2 Å². The molecule has 1 aromatic rings. The lowest BCUT2D eigenvalue weighted by atomic mass is 9.96. The summed E-state index contributed by atoms with van der Waals surface area (Å²) >= 11 is 0. The second-order valence-corrected chi connectivity index (χ2v) is 9.76. The van der Waals surface area contributed by atoms with E-state index >= 15 is 0 Å². The van der Waals surface area contributed by atoms with Crippen molar-refractivity contribution < 1.29 is 9.59 Å². The van der Waals surface area contributed by atoms with Gasteiger partial charge in [-0.3, -0.25) is 14.5 Å². The van der Waals surface area contributed by atoms with Gasteiger partial charge in [-0.1, -0.05) is 12.1 Å². The molecule has 3 fully saturated rings. The first-order valence-electron chi connectivity index (χ1n) is 12.1. The highest BCUT2D eigenvalue weighted by molar-refractivity contribution is 5.83.